The van der Waals surface area contributed by atoms with Crippen LogP contribution in [0.4, 0.5) is 11.4 Å². The maximum atomic E-state index is 12.7. The molecule has 2 aromatic carbocycles. The average Bonchev–Trinajstić information content (AvgIpc) is 2.58. The van der Waals surface area contributed by atoms with Crippen LogP contribution in [-0.2, 0) is 14.8 Å². The maximum absolute atomic E-state index is 12.7. The number of carbonyl (C=O) groups excluding carboxylic acids is 1. The Balaban J connectivity index is 2.32. The van der Waals surface area contributed by atoms with Gasteiger partial charge in [-0.3, -0.25) is 9.10 Å². The number of amides is 1. The molecule has 0 unspecified atom stereocenters. The lowest BCUT2D eigenvalue weighted by molar-refractivity contribution is -0.116. The van der Waals surface area contributed by atoms with Gasteiger partial charge in [0.05, 0.1) is 19.1 Å². The Hall–Kier alpha value is -2.54. The molecule has 1 atom stereocenters. The first kappa shape index (κ1) is 19.8. The Kier molecular flexibility index (Phi) is 5.92. The number of sulfonamides is 1. The van der Waals surface area contributed by atoms with Crippen LogP contribution in [0, 0.1) is 13.8 Å². The molecule has 2 aromatic rings. The molecule has 6 nitrogen and oxygen atoms in total. The summed E-state index contributed by atoms with van der Waals surface area (Å²) in [5.41, 5.74) is 3.07. The highest BCUT2D eigenvalue weighted by Gasteiger charge is 2.29. The summed E-state index contributed by atoms with van der Waals surface area (Å²) in [7, 11) is -2.13. The minimum absolute atomic E-state index is 0.400. The number of aryl methyl sites for hydroxylation is 1. The molecule has 1 N–H and O–H groups in total. The molecule has 1 amide bonds. The molecular weight excluding hydrogens is 352 g/mol. The van der Waals surface area contributed by atoms with Crippen LogP contribution in [0.15, 0.2) is 42.5 Å². The van der Waals surface area contributed by atoms with Gasteiger partial charge in [-0.1, -0.05) is 12.1 Å². The summed E-state index contributed by atoms with van der Waals surface area (Å²) in [6.07, 6.45) is 1.08. The smallest absolute Gasteiger partial charge is 0.248 e. The molecule has 0 bridgehead atoms. The predicted molar refractivity (Wildman–Crippen MR) is 104 cm³/mol. The van der Waals surface area contributed by atoms with Crippen molar-refractivity contribution in [1.29, 1.82) is 0 Å². The van der Waals surface area contributed by atoms with Crippen LogP contribution in [0.2, 0.25) is 0 Å². The molecule has 0 aliphatic heterocycles. The van der Waals surface area contributed by atoms with E-state index in [1.165, 1.54) is 7.11 Å². The van der Waals surface area contributed by atoms with Gasteiger partial charge in [-0.25, -0.2) is 8.42 Å². The fraction of sp³-hybridized carbons (Fsp3) is 0.316. The Morgan fingerprint density at radius 2 is 1.73 bits per heavy atom. The summed E-state index contributed by atoms with van der Waals surface area (Å²) >= 11 is 0. The average molecular weight is 376 g/mol. The van der Waals surface area contributed by atoms with Gasteiger partial charge in [0.25, 0.3) is 0 Å². The van der Waals surface area contributed by atoms with Crippen LogP contribution < -0.4 is 14.4 Å². The standard InChI is InChI=1S/C19H24N2O4S/c1-13-7-6-8-18(14(13)2)20-19(22)15(3)21(26(5,23)24)16-9-11-17(25-4)12-10-16/h6-12,15H,1-5H3,(H,20,22)/t15-/m1/s1. The summed E-state index contributed by atoms with van der Waals surface area (Å²) in [4.78, 5) is 12.7. The van der Waals surface area contributed by atoms with Gasteiger partial charge in [-0.05, 0) is 62.2 Å². The third-order valence-electron chi connectivity index (χ3n) is 4.28. The Morgan fingerprint density at radius 3 is 2.27 bits per heavy atom. The fourth-order valence-electron chi connectivity index (χ4n) is 2.66. The number of carbonyl (C=O) groups is 1. The number of nitrogens with one attached hydrogen (secondary N) is 1. The van der Waals surface area contributed by atoms with Crippen LogP contribution >= 0.6 is 0 Å². The number of methoxy groups -OCH3 is 1. The van der Waals surface area contributed by atoms with Crippen LogP contribution in [0.25, 0.3) is 0 Å². The third kappa shape index (κ3) is 4.35. The normalized spacial score (nSPS) is 12.3. The number of hydrogen-bond acceptors (Lipinski definition) is 4. The number of anilines is 2. The van der Waals surface area contributed by atoms with Crippen LogP contribution in [-0.4, -0.2) is 33.7 Å². The molecule has 0 aliphatic carbocycles. The lowest BCUT2D eigenvalue weighted by Gasteiger charge is -2.28. The van der Waals surface area contributed by atoms with E-state index in [4.69, 9.17) is 4.74 Å². The first-order chi connectivity index (χ1) is 12.1. The van der Waals surface area contributed by atoms with Crippen molar-refractivity contribution in [2.75, 3.05) is 23.0 Å². The van der Waals surface area contributed by atoms with Crippen LogP contribution in [0.5, 0.6) is 5.75 Å². The van der Waals surface area contributed by atoms with Gasteiger partial charge in [0.15, 0.2) is 0 Å². The fourth-order valence-corrected chi connectivity index (χ4v) is 3.84. The zero-order valence-electron chi connectivity index (χ0n) is 15.6. The van der Waals surface area contributed by atoms with E-state index in [1.807, 2.05) is 26.0 Å². The molecule has 0 fully saturated rings. The highest BCUT2D eigenvalue weighted by molar-refractivity contribution is 7.92. The van der Waals surface area contributed by atoms with Gasteiger partial charge in [0.2, 0.25) is 15.9 Å². The van der Waals surface area contributed by atoms with Crippen molar-refractivity contribution in [2.45, 2.75) is 26.8 Å². The molecular formula is C19H24N2O4S. The van der Waals surface area contributed by atoms with Gasteiger partial charge in [-0.2, -0.15) is 0 Å². The van der Waals surface area contributed by atoms with Crippen molar-refractivity contribution < 1.29 is 17.9 Å². The molecule has 26 heavy (non-hydrogen) atoms. The van der Waals surface area contributed by atoms with Crippen LogP contribution in [0.3, 0.4) is 0 Å². The van der Waals surface area contributed by atoms with Crippen molar-refractivity contribution >= 4 is 27.3 Å². The number of hydrogen-bond donors (Lipinski definition) is 1. The van der Waals surface area contributed by atoms with Crippen molar-refractivity contribution in [3.63, 3.8) is 0 Å². The number of benzene rings is 2. The second kappa shape index (κ2) is 7.78. The summed E-state index contributed by atoms with van der Waals surface area (Å²) in [5.74, 6) is 0.203. The first-order valence-corrected chi connectivity index (χ1v) is 10.0. The highest BCUT2D eigenvalue weighted by Crippen LogP contribution is 2.25. The van der Waals surface area contributed by atoms with E-state index >= 15 is 0 Å². The van der Waals surface area contributed by atoms with E-state index in [0.29, 0.717) is 17.1 Å². The molecule has 0 spiro atoms. The third-order valence-corrected chi connectivity index (χ3v) is 5.52. The summed E-state index contributed by atoms with van der Waals surface area (Å²) in [6.45, 7) is 5.42. The number of rotatable bonds is 6. The topological polar surface area (TPSA) is 75.7 Å². The van der Waals surface area contributed by atoms with E-state index < -0.39 is 22.0 Å². The van der Waals surface area contributed by atoms with Gasteiger partial charge in [-0.15, -0.1) is 0 Å². The minimum Gasteiger partial charge on any atom is -0.497 e. The van der Waals surface area contributed by atoms with E-state index in [0.717, 1.165) is 21.7 Å². The Bertz CT molecular complexity index is 892. The van der Waals surface area contributed by atoms with Gasteiger partial charge in [0.1, 0.15) is 11.8 Å². The molecule has 0 aromatic heterocycles. The van der Waals surface area contributed by atoms with Crippen molar-refractivity contribution in [3.05, 3.63) is 53.6 Å². The Labute approximate surface area is 154 Å². The van der Waals surface area contributed by atoms with Crippen molar-refractivity contribution in [1.82, 2.24) is 0 Å². The molecule has 0 radical (unpaired) electrons. The molecule has 0 aliphatic rings. The monoisotopic (exact) mass is 376 g/mol. The largest absolute Gasteiger partial charge is 0.497 e. The Morgan fingerprint density at radius 1 is 1.12 bits per heavy atom. The van der Waals surface area contributed by atoms with E-state index in [2.05, 4.69) is 5.32 Å². The van der Waals surface area contributed by atoms with Crippen LogP contribution in [0.1, 0.15) is 18.1 Å². The zero-order valence-corrected chi connectivity index (χ0v) is 16.4. The molecule has 140 valence electrons. The quantitative estimate of drug-likeness (QED) is 0.840. The highest BCUT2D eigenvalue weighted by atomic mass is 32.2. The van der Waals surface area contributed by atoms with E-state index in [1.54, 1.807) is 37.3 Å². The lowest BCUT2D eigenvalue weighted by atomic mass is 10.1. The number of nitrogens with zero attached hydrogens (tertiary/aromatic N) is 1. The van der Waals surface area contributed by atoms with Gasteiger partial charge >= 0.3 is 0 Å². The molecule has 0 heterocycles. The second-order valence-electron chi connectivity index (χ2n) is 6.17. The van der Waals surface area contributed by atoms with Crippen molar-refractivity contribution in [3.8, 4) is 5.75 Å². The van der Waals surface area contributed by atoms with Crippen molar-refractivity contribution in [2.24, 2.45) is 0 Å². The summed E-state index contributed by atoms with van der Waals surface area (Å²) in [6, 6.07) is 11.2. The van der Waals surface area contributed by atoms with E-state index in [-0.39, 0.29) is 0 Å². The molecule has 7 heteroatoms. The molecule has 0 saturated carbocycles. The number of ether oxygens (including phenoxy) is 1. The van der Waals surface area contributed by atoms with E-state index in [9.17, 15) is 13.2 Å². The minimum atomic E-state index is -3.66. The first-order valence-electron chi connectivity index (χ1n) is 8.15. The van der Waals surface area contributed by atoms with Gasteiger partial charge in [0, 0.05) is 5.69 Å². The second-order valence-corrected chi connectivity index (χ2v) is 8.03. The lowest BCUT2D eigenvalue weighted by Crippen LogP contribution is -2.45. The van der Waals surface area contributed by atoms with Gasteiger partial charge < -0.3 is 10.1 Å². The SMILES string of the molecule is COc1ccc(N([C@H](C)C(=O)Nc2cccc(C)c2C)S(C)(=O)=O)cc1. The molecule has 0 saturated heterocycles. The summed E-state index contributed by atoms with van der Waals surface area (Å²) < 4.78 is 30.8. The predicted octanol–water partition coefficient (Wildman–Crippen LogP) is 3.11. The molecule has 2 rings (SSSR count). The zero-order chi connectivity index (χ0) is 19.5. The summed E-state index contributed by atoms with van der Waals surface area (Å²) in [5, 5.41) is 2.83. The maximum Gasteiger partial charge on any atom is 0.248 e.